The van der Waals surface area contributed by atoms with Gasteiger partial charge in [0.1, 0.15) is 15.6 Å². The van der Waals surface area contributed by atoms with Crippen LogP contribution >= 0.6 is 11.6 Å². The van der Waals surface area contributed by atoms with Crippen LogP contribution in [0, 0.1) is 0 Å². The molecular formula is C15H22ClN3O4S. The molecule has 1 aliphatic heterocycles. The third-order valence-corrected chi connectivity index (χ3v) is 6.07. The van der Waals surface area contributed by atoms with E-state index in [2.05, 4.69) is 4.98 Å². The summed E-state index contributed by atoms with van der Waals surface area (Å²) in [5.41, 5.74) is -0.587. The van der Waals surface area contributed by atoms with Gasteiger partial charge in [-0.1, -0.05) is 11.6 Å². The Balaban J connectivity index is 2.11. The number of amides is 1. The van der Waals surface area contributed by atoms with Crippen molar-refractivity contribution in [2.45, 2.75) is 43.7 Å². The average molecular weight is 376 g/mol. The number of ether oxygens (including phenoxy) is 1. The van der Waals surface area contributed by atoms with E-state index in [0.29, 0.717) is 13.0 Å². The molecule has 1 atom stereocenters. The zero-order valence-corrected chi connectivity index (χ0v) is 15.8. The first-order valence-corrected chi connectivity index (χ1v) is 9.40. The standard InChI is InChI=1S/C15H22ClN3O4S/c1-15(2,3)23-14(20)19-9-7-11(10-19)18(4)24(21,22)12-6-5-8-17-13(12)16/h5-6,8,11H,7,9-10H2,1-4H3/t11-/m0/s1. The van der Waals surface area contributed by atoms with E-state index in [0.717, 1.165) is 0 Å². The fourth-order valence-corrected chi connectivity index (χ4v) is 4.25. The molecule has 1 fully saturated rings. The molecule has 0 N–H and O–H groups in total. The number of hydrogen-bond donors (Lipinski definition) is 0. The lowest BCUT2D eigenvalue weighted by Gasteiger charge is -2.26. The summed E-state index contributed by atoms with van der Waals surface area (Å²) in [4.78, 5) is 17.4. The SMILES string of the molecule is CN([C@H]1CCN(C(=O)OC(C)(C)C)C1)S(=O)(=O)c1cccnc1Cl. The molecule has 1 aromatic heterocycles. The molecule has 0 saturated carbocycles. The zero-order chi connectivity index (χ0) is 18.1. The molecule has 0 spiro atoms. The van der Waals surface area contributed by atoms with Gasteiger partial charge < -0.3 is 9.64 Å². The summed E-state index contributed by atoms with van der Waals surface area (Å²) in [6, 6.07) is 2.61. The van der Waals surface area contributed by atoms with Crippen molar-refractivity contribution in [2.24, 2.45) is 0 Å². The first-order chi connectivity index (χ1) is 11.0. The van der Waals surface area contributed by atoms with Crippen LogP contribution in [0.3, 0.4) is 0 Å². The van der Waals surface area contributed by atoms with Gasteiger partial charge >= 0.3 is 6.09 Å². The van der Waals surface area contributed by atoms with E-state index in [-0.39, 0.29) is 22.6 Å². The van der Waals surface area contributed by atoms with E-state index in [4.69, 9.17) is 16.3 Å². The number of pyridine rings is 1. The third kappa shape index (κ3) is 4.17. The molecular weight excluding hydrogens is 354 g/mol. The molecule has 1 aromatic rings. The quantitative estimate of drug-likeness (QED) is 0.757. The predicted octanol–water partition coefficient (Wildman–Crippen LogP) is 2.36. The van der Waals surface area contributed by atoms with Crippen LogP contribution in [0.1, 0.15) is 27.2 Å². The molecule has 0 unspecified atom stereocenters. The molecule has 0 bridgehead atoms. The Morgan fingerprint density at radius 1 is 1.46 bits per heavy atom. The lowest BCUT2D eigenvalue weighted by molar-refractivity contribution is 0.0287. The Morgan fingerprint density at radius 2 is 2.12 bits per heavy atom. The molecule has 0 aliphatic carbocycles. The van der Waals surface area contributed by atoms with E-state index in [1.807, 2.05) is 0 Å². The van der Waals surface area contributed by atoms with Gasteiger partial charge in [-0.25, -0.2) is 18.2 Å². The fourth-order valence-electron chi connectivity index (χ4n) is 2.45. The average Bonchev–Trinajstić information content (AvgIpc) is 2.94. The number of aromatic nitrogens is 1. The van der Waals surface area contributed by atoms with E-state index in [9.17, 15) is 13.2 Å². The van der Waals surface area contributed by atoms with Crippen molar-refractivity contribution < 1.29 is 17.9 Å². The number of carbonyl (C=O) groups is 1. The van der Waals surface area contributed by atoms with Gasteiger partial charge in [-0.05, 0) is 39.3 Å². The molecule has 134 valence electrons. The van der Waals surface area contributed by atoms with Crippen LogP contribution in [0.4, 0.5) is 4.79 Å². The summed E-state index contributed by atoms with van der Waals surface area (Å²) in [7, 11) is -2.29. The van der Waals surface area contributed by atoms with Gasteiger partial charge in [0.15, 0.2) is 0 Å². The Hall–Kier alpha value is -1.38. The van der Waals surface area contributed by atoms with Crippen LogP contribution < -0.4 is 0 Å². The molecule has 1 amide bonds. The van der Waals surface area contributed by atoms with Crippen molar-refractivity contribution in [1.29, 1.82) is 0 Å². The molecule has 24 heavy (non-hydrogen) atoms. The second-order valence-corrected chi connectivity index (χ2v) is 9.01. The Kier molecular flexibility index (Phi) is 5.41. The minimum Gasteiger partial charge on any atom is -0.444 e. The summed E-state index contributed by atoms with van der Waals surface area (Å²) in [5.74, 6) is 0. The number of hydrogen-bond acceptors (Lipinski definition) is 5. The maximum absolute atomic E-state index is 12.7. The van der Waals surface area contributed by atoms with Gasteiger partial charge in [0.2, 0.25) is 10.0 Å². The Morgan fingerprint density at radius 3 is 2.71 bits per heavy atom. The number of sulfonamides is 1. The smallest absolute Gasteiger partial charge is 0.410 e. The molecule has 7 nitrogen and oxygen atoms in total. The van der Waals surface area contributed by atoms with Gasteiger partial charge in [0.25, 0.3) is 0 Å². The lowest BCUT2D eigenvalue weighted by atomic mass is 10.2. The number of rotatable bonds is 3. The van der Waals surface area contributed by atoms with E-state index < -0.39 is 21.7 Å². The summed E-state index contributed by atoms with van der Waals surface area (Å²) < 4.78 is 32.0. The van der Waals surface area contributed by atoms with Crippen molar-refractivity contribution >= 4 is 27.7 Å². The minimum absolute atomic E-state index is 0.0371. The van der Waals surface area contributed by atoms with Gasteiger partial charge in [-0.2, -0.15) is 4.31 Å². The van der Waals surface area contributed by atoms with Crippen molar-refractivity contribution in [3.05, 3.63) is 23.5 Å². The van der Waals surface area contributed by atoms with Gasteiger partial charge in [-0.15, -0.1) is 0 Å². The van der Waals surface area contributed by atoms with E-state index in [1.54, 1.807) is 20.8 Å². The van der Waals surface area contributed by atoms with Crippen molar-refractivity contribution in [3.63, 3.8) is 0 Å². The normalized spacial score (nSPS) is 18.9. The second-order valence-electron chi connectivity index (χ2n) is 6.68. The van der Waals surface area contributed by atoms with Crippen molar-refractivity contribution in [2.75, 3.05) is 20.1 Å². The highest BCUT2D eigenvalue weighted by atomic mass is 35.5. The maximum atomic E-state index is 12.7. The minimum atomic E-state index is -3.78. The topological polar surface area (TPSA) is 79.8 Å². The summed E-state index contributed by atoms with van der Waals surface area (Å²) >= 11 is 5.91. The van der Waals surface area contributed by atoms with E-state index >= 15 is 0 Å². The first kappa shape index (κ1) is 19.0. The van der Waals surface area contributed by atoms with Gasteiger partial charge in [0.05, 0.1) is 0 Å². The van der Waals surface area contributed by atoms with Crippen LogP contribution in [0.2, 0.25) is 5.15 Å². The van der Waals surface area contributed by atoms with Crippen LogP contribution in [0.25, 0.3) is 0 Å². The number of nitrogens with zero attached hydrogens (tertiary/aromatic N) is 3. The van der Waals surface area contributed by atoms with Crippen LogP contribution in [-0.4, -0.2) is 60.5 Å². The Labute approximate surface area is 147 Å². The third-order valence-electron chi connectivity index (χ3n) is 3.71. The summed E-state index contributed by atoms with van der Waals surface area (Å²) in [6.45, 7) is 6.10. The number of carbonyl (C=O) groups excluding carboxylic acids is 1. The van der Waals surface area contributed by atoms with Crippen LogP contribution in [0.15, 0.2) is 23.2 Å². The summed E-state index contributed by atoms with van der Waals surface area (Å²) in [5, 5.41) is -0.0636. The van der Waals surface area contributed by atoms with Crippen molar-refractivity contribution in [3.8, 4) is 0 Å². The second kappa shape index (κ2) is 6.85. The highest BCUT2D eigenvalue weighted by Gasteiger charge is 2.37. The molecule has 2 heterocycles. The number of halogens is 1. The molecule has 1 aliphatic rings. The lowest BCUT2D eigenvalue weighted by Crippen LogP contribution is -2.41. The van der Waals surface area contributed by atoms with Crippen molar-refractivity contribution in [1.82, 2.24) is 14.2 Å². The Bertz CT molecular complexity index is 718. The van der Waals surface area contributed by atoms with Gasteiger partial charge in [0, 0.05) is 32.4 Å². The van der Waals surface area contributed by atoms with Crippen LogP contribution in [-0.2, 0) is 14.8 Å². The monoisotopic (exact) mass is 375 g/mol. The summed E-state index contributed by atoms with van der Waals surface area (Å²) in [6.07, 6.45) is 1.53. The maximum Gasteiger partial charge on any atom is 0.410 e. The fraction of sp³-hybridized carbons (Fsp3) is 0.600. The highest BCUT2D eigenvalue weighted by Crippen LogP contribution is 2.26. The molecule has 9 heteroatoms. The first-order valence-electron chi connectivity index (χ1n) is 7.59. The highest BCUT2D eigenvalue weighted by molar-refractivity contribution is 7.89. The van der Waals surface area contributed by atoms with Gasteiger partial charge in [-0.3, -0.25) is 0 Å². The number of likely N-dealkylation sites (N-methyl/N-ethyl adjacent to an activating group) is 1. The molecule has 0 radical (unpaired) electrons. The van der Waals surface area contributed by atoms with E-state index in [1.165, 1.54) is 34.6 Å². The molecule has 1 saturated heterocycles. The zero-order valence-electron chi connectivity index (χ0n) is 14.2. The largest absolute Gasteiger partial charge is 0.444 e. The predicted molar refractivity (Wildman–Crippen MR) is 90.4 cm³/mol. The molecule has 2 rings (SSSR count). The van der Waals surface area contributed by atoms with Crippen LogP contribution in [0.5, 0.6) is 0 Å². The number of likely N-dealkylation sites (tertiary alicyclic amines) is 1. The molecule has 0 aromatic carbocycles.